The van der Waals surface area contributed by atoms with Crippen molar-refractivity contribution in [3.05, 3.63) is 58.1 Å². The third-order valence-electron chi connectivity index (χ3n) is 3.78. The minimum Gasteiger partial charge on any atom is -0.494 e. The third kappa shape index (κ3) is 5.09. The smallest absolute Gasteiger partial charge is 0.270 e. The zero-order valence-electron chi connectivity index (χ0n) is 14.4. The number of likely N-dealkylation sites (N-methyl/N-ethyl adjacent to an activating group) is 1. The molecule has 0 spiro atoms. The lowest BCUT2D eigenvalue weighted by Crippen LogP contribution is -2.20. The molecule has 0 heterocycles. The molecule has 0 aliphatic carbocycles. The third-order valence-corrected chi connectivity index (χ3v) is 3.78. The van der Waals surface area contributed by atoms with Gasteiger partial charge in [-0.1, -0.05) is 0 Å². The maximum Gasteiger partial charge on any atom is 0.270 e. The molecule has 0 amide bonds. The van der Waals surface area contributed by atoms with Crippen molar-refractivity contribution in [3.63, 3.8) is 0 Å². The molecule has 134 valence electrons. The number of non-ortho nitro benzene ring substituents is 1. The molecule has 2 aromatic rings. The summed E-state index contributed by atoms with van der Waals surface area (Å²) in [6, 6.07) is 12.4. The van der Waals surface area contributed by atoms with Crippen LogP contribution < -0.4 is 15.0 Å². The molecular formula is C18H23N3O4. The number of nitrogens with zero attached hydrogens (tertiary/aromatic N) is 2. The quantitative estimate of drug-likeness (QED) is 0.536. The summed E-state index contributed by atoms with van der Waals surface area (Å²) in [6.45, 7) is 3.46. The number of hydrogen-bond donors (Lipinski definition) is 2. The van der Waals surface area contributed by atoms with Crippen LogP contribution in [0.5, 0.6) is 5.75 Å². The zero-order valence-corrected chi connectivity index (χ0v) is 14.4. The van der Waals surface area contributed by atoms with E-state index in [2.05, 4.69) is 5.32 Å². The van der Waals surface area contributed by atoms with Crippen LogP contribution in [0.1, 0.15) is 12.5 Å². The van der Waals surface area contributed by atoms with Gasteiger partial charge in [0.2, 0.25) is 0 Å². The monoisotopic (exact) mass is 345 g/mol. The molecule has 0 aliphatic heterocycles. The number of anilines is 2. The van der Waals surface area contributed by atoms with E-state index in [1.807, 2.05) is 43.1 Å². The van der Waals surface area contributed by atoms with Crippen molar-refractivity contribution in [2.45, 2.75) is 13.5 Å². The van der Waals surface area contributed by atoms with Crippen LogP contribution in [0.2, 0.25) is 0 Å². The van der Waals surface area contributed by atoms with Gasteiger partial charge in [-0.05, 0) is 37.3 Å². The fourth-order valence-corrected chi connectivity index (χ4v) is 2.42. The molecule has 7 heteroatoms. The van der Waals surface area contributed by atoms with Gasteiger partial charge in [0.1, 0.15) is 5.75 Å². The van der Waals surface area contributed by atoms with E-state index in [1.54, 1.807) is 6.07 Å². The van der Waals surface area contributed by atoms with E-state index in [0.29, 0.717) is 25.4 Å². The van der Waals surface area contributed by atoms with Crippen molar-refractivity contribution in [1.82, 2.24) is 0 Å². The highest BCUT2D eigenvalue weighted by Crippen LogP contribution is 2.25. The van der Waals surface area contributed by atoms with E-state index in [-0.39, 0.29) is 12.3 Å². The number of rotatable bonds is 9. The normalized spacial score (nSPS) is 10.4. The highest BCUT2D eigenvalue weighted by Gasteiger charge is 2.11. The molecule has 2 N–H and O–H groups in total. The van der Waals surface area contributed by atoms with Gasteiger partial charge in [0, 0.05) is 49.2 Å². The summed E-state index contributed by atoms with van der Waals surface area (Å²) in [5.74, 6) is 0.639. The van der Waals surface area contributed by atoms with Crippen molar-refractivity contribution in [3.8, 4) is 5.75 Å². The average molecular weight is 345 g/mol. The summed E-state index contributed by atoms with van der Waals surface area (Å²) < 4.78 is 5.54. The van der Waals surface area contributed by atoms with Crippen LogP contribution in [-0.2, 0) is 6.54 Å². The first-order valence-corrected chi connectivity index (χ1v) is 8.11. The Morgan fingerprint density at radius 2 is 1.96 bits per heavy atom. The molecule has 0 unspecified atom stereocenters. The molecule has 0 aromatic heterocycles. The van der Waals surface area contributed by atoms with Gasteiger partial charge >= 0.3 is 0 Å². The molecule has 25 heavy (non-hydrogen) atoms. The first-order chi connectivity index (χ1) is 12.0. The minimum atomic E-state index is -0.412. The summed E-state index contributed by atoms with van der Waals surface area (Å²) in [5.41, 5.74) is 2.68. The summed E-state index contributed by atoms with van der Waals surface area (Å²) in [5, 5.41) is 23.2. The van der Waals surface area contributed by atoms with Crippen molar-refractivity contribution in [2.24, 2.45) is 0 Å². The van der Waals surface area contributed by atoms with Crippen molar-refractivity contribution in [1.29, 1.82) is 0 Å². The predicted octanol–water partition coefficient (Wildman–Crippen LogP) is 3.03. The van der Waals surface area contributed by atoms with Crippen LogP contribution in [0, 0.1) is 10.1 Å². The molecule has 0 radical (unpaired) electrons. The van der Waals surface area contributed by atoms with Crippen LogP contribution in [0.3, 0.4) is 0 Å². The first-order valence-electron chi connectivity index (χ1n) is 8.11. The summed E-state index contributed by atoms with van der Waals surface area (Å²) in [4.78, 5) is 12.5. The lowest BCUT2D eigenvalue weighted by atomic mass is 10.1. The van der Waals surface area contributed by atoms with Crippen LogP contribution in [-0.4, -0.2) is 36.8 Å². The predicted molar refractivity (Wildman–Crippen MR) is 98.4 cm³/mol. The molecule has 2 aromatic carbocycles. The Morgan fingerprint density at radius 3 is 2.56 bits per heavy atom. The second-order valence-corrected chi connectivity index (χ2v) is 5.53. The number of nitrogens with one attached hydrogen (secondary N) is 1. The number of aliphatic hydroxyl groups is 1. The molecule has 0 bridgehead atoms. The Bertz CT molecular complexity index is 704. The van der Waals surface area contributed by atoms with Gasteiger partial charge in [0.15, 0.2) is 0 Å². The molecular weight excluding hydrogens is 322 g/mol. The standard InChI is InChI=1S/C18H23N3O4/c1-3-25-18-9-8-17(21(23)24)12-14(18)13-19-15-4-6-16(7-5-15)20(2)10-11-22/h4-9,12,19,22H,3,10-11,13H2,1-2H3. The SMILES string of the molecule is CCOc1ccc([N+](=O)[O-])cc1CNc1ccc(N(C)CCO)cc1. The fourth-order valence-electron chi connectivity index (χ4n) is 2.42. The Labute approximate surface area is 147 Å². The molecule has 0 saturated heterocycles. The van der Waals surface area contributed by atoms with E-state index < -0.39 is 4.92 Å². The zero-order chi connectivity index (χ0) is 18.2. The van der Waals surface area contributed by atoms with E-state index in [1.165, 1.54) is 12.1 Å². The molecule has 7 nitrogen and oxygen atoms in total. The molecule has 0 fully saturated rings. The number of nitro groups is 1. The largest absolute Gasteiger partial charge is 0.494 e. The summed E-state index contributed by atoms with van der Waals surface area (Å²) >= 11 is 0. The maximum atomic E-state index is 11.0. The Morgan fingerprint density at radius 1 is 1.24 bits per heavy atom. The fraction of sp³-hybridized carbons (Fsp3) is 0.333. The van der Waals surface area contributed by atoms with Gasteiger partial charge in [0.25, 0.3) is 5.69 Å². The van der Waals surface area contributed by atoms with Gasteiger partial charge in [-0.25, -0.2) is 0 Å². The van der Waals surface area contributed by atoms with Crippen molar-refractivity contribution < 1.29 is 14.8 Å². The maximum absolute atomic E-state index is 11.0. The van der Waals surface area contributed by atoms with Crippen LogP contribution in [0.25, 0.3) is 0 Å². The summed E-state index contributed by atoms with van der Waals surface area (Å²) in [7, 11) is 1.91. The van der Waals surface area contributed by atoms with Gasteiger partial charge in [0.05, 0.1) is 18.1 Å². The number of benzene rings is 2. The van der Waals surface area contributed by atoms with Gasteiger partial charge in [-0.2, -0.15) is 0 Å². The van der Waals surface area contributed by atoms with Crippen LogP contribution in [0.15, 0.2) is 42.5 Å². The van der Waals surface area contributed by atoms with E-state index in [9.17, 15) is 10.1 Å². The van der Waals surface area contributed by atoms with E-state index in [4.69, 9.17) is 9.84 Å². The number of ether oxygens (including phenoxy) is 1. The number of aliphatic hydroxyl groups excluding tert-OH is 1. The average Bonchev–Trinajstić information content (AvgIpc) is 2.61. The lowest BCUT2D eigenvalue weighted by Gasteiger charge is -2.18. The Kier molecular flexibility index (Phi) is 6.59. The Hall–Kier alpha value is -2.80. The van der Waals surface area contributed by atoms with Gasteiger partial charge in [-0.15, -0.1) is 0 Å². The first kappa shape index (κ1) is 18.5. The van der Waals surface area contributed by atoms with Crippen molar-refractivity contribution in [2.75, 3.05) is 37.0 Å². The Balaban J connectivity index is 2.09. The molecule has 0 aliphatic rings. The van der Waals surface area contributed by atoms with Gasteiger partial charge in [-0.3, -0.25) is 10.1 Å². The molecule has 2 rings (SSSR count). The topological polar surface area (TPSA) is 87.9 Å². The second kappa shape index (κ2) is 8.89. The minimum absolute atomic E-state index is 0.0428. The highest BCUT2D eigenvalue weighted by molar-refractivity contribution is 5.55. The summed E-state index contributed by atoms with van der Waals surface area (Å²) in [6.07, 6.45) is 0. The second-order valence-electron chi connectivity index (χ2n) is 5.53. The van der Waals surface area contributed by atoms with Crippen LogP contribution >= 0.6 is 0 Å². The van der Waals surface area contributed by atoms with E-state index >= 15 is 0 Å². The molecule has 0 saturated carbocycles. The highest BCUT2D eigenvalue weighted by atomic mass is 16.6. The van der Waals surface area contributed by atoms with Crippen molar-refractivity contribution >= 4 is 17.1 Å². The van der Waals surface area contributed by atoms with Gasteiger partial charge < -0.3 is 20.1 Å². The van der Waals surface area contributed by atoms with E-state index in [0.717, 1.165) is 16.9 Å². The lowest BCUT2D eigenvalue weighted by molar-refractivity contribution is -0.384. The number of hydrogen-bond acceptors (Lipinski definition) is 6. The number of nitro benzene ring substituents is 1. The molecule has 0 atom stereocenters. The van der Waals surface area contributed by atoms with Crippen LogP contribution in [0.4, 0.5) is 17.1 Å².